The van der Waals surface area contributed by atoms with Crippen LogP contribution < -0.4 is 5.46 Å². The van der Waals surface area contributed by atoms with Crippen LogP contribution in [0.3, 0.4) is 0 Å². The molecule has 4 nitrogen and oxygen atoms in total. The zero-order chi connectivity index (χ0) is 17.2. The van der Waals surface area contributed by atoms with Gasteiger partial charge in [-0.05, 0) is 43.1 Å². The quantitative estimate of drug-likeness (QED) is 0.594. The fourth-order valence-electron chi connectivity index (χ4n) is 3.18. The van der Waals surface area contributed by atoms with E-state index in [2.05, 4.69) is 38.1 Å². The summed E-state index contributed by atoms with van der Waals surface area (Å²) in [5, 5.41) is 0. The van der Waals surface area contributed by atoms with Crippen LogP contribution in [0.25, 0.3) is 0 Å². The van der Waals surface area contributed by atoms with E-state index in [9.17, 15) is 4.79 Å². The Bertz CT molecular complexity index is 559. The molecule has 0 unspecified atom stereocenters. The molecule has 0 radical (unpaired) electrons. The third-order valence-electron chi connectivity index (χ3n) is 4.82. The molecule has 0 bridgehead atoms. The van der Waals surface area contributed by atoms with E-state index in [1.165, 1.54) is 5.56 Å². The summed E-state index contributed by atoms with van der Waals surface area (Å²) in [6.07, 6.45) is 3.03. The van der Waals surface area contributed by atoms with E-state index in [1.54, 1.807) is 0 Å². The first-order valence-electron chi connectivity index (χ1n) is 8.97. The average molecular weight is 330 g/mol. The van der Waals surface area contributed by atoms with Crippen molar-refractivity contribution in [3.8, 4) is 0 Å². The summed E-state index contributed by atoms with van der Waals surface area (Å²) in [6.45, 7) is 8.07. The summed E-state index contributed by atoms with van der Waals surface area (Å²) in [5.41, 5.74) is 2.46. The first-order valence-corrected chi connectivity index (χ1v) is 8.97. The topological polar surface area (TPSA) is 44.8 Å². The van der Waals surface area contributed by atoms with Crippen LogP contribution >= 0.6 is 0 Å². The van der Waals surface area contributed by atoms with E-state index in [4.69, 9.17) is 14.0 Å². The molecule has 130 valence electrons. The Balaban J connectivity index is 1.45. The van der Waals surface area contributed by atoms with Crippen molar-refractivity contribution in [1.29, 1.82) is 0 Å². The second kappa shape index (κ2) is 7.28. The lowest BCUT2D eigenvalue weighted by atomic mass is 9.75. The third kappa shape index (κ3) is 4.39. The highest BCUT2D eigenvalue weighted by molar-refractivity contribution is 6.61. The van der Waals surface area contributed by atoms with Crippen molar-refractivity contribution in [3.63, 3.8) is 0 Å². The molecule has 24 heavy (non-hydrogen) atoms. The molecule has 1 saturated heterocycles. The van der Waals surface area contributed by atoms with Crippen molar-refractivity contribution >= 4 is 18.6 Å². The smallest absolute Gasteiger partial charge is 0.466 e. The normalized spacial score (nSPS) is 25.4. The molecule has 5 heteroatoms. The Kier molecular flexibility index (Phi) is 5.31. The van der Waals surface area contributed by atoms with Gasteiger partial charge in [0.25, 0.3) is 0 Å². The van der Waals surface area contributed by atoms with Crippen LogP contribution in [0.2, 0.25) is 0 Å². The molecule has 1 aliphatic carbocycles. The van der Waals surface area contributed by atoms with Gasteiger partial charge in [0.1, 0.15) is 0 Å². The van der Waals surface area contributed by atoms with Crippen LogP contribution in [0.1, 0.15) is 39.2 Å². The summed E-state index contributed by atoms with van der Waals surface area (Å²) in [6, 6.07) is 8.47. The number of carbonyl (C=O) groups excluding carboxylic acids is 1. The highest BCUT2D eigenvalue weighted by Crippen LogP contribution is 2.42. The molecule has 1 aromatic carbocycles. The van der Waals surface area contributed by atoms with E-state index in [0.29, 0.717) is 12.5 Å². The minimum atomic E-state index is -0.247. The van der Waals surface area contributed by atoms with Crippen molar-refractivity contribution in [2.75, 3.05) is 19.8 Å². The molecule has 1 heterocycles. The molecule has 2 aliphatic rings. The molecular weight excluding hydrogens is 303 g/mol. The standard InChI is InChI=1S/C19H27BO4/c1-4-22-18(21)17-11-15(17)8-5-14-6-9-16(10-7-14)20-23-12-19(2,3)13-24-20/h6-7,9-10,15,17H,4-5,8,11-13H2,1-3H3/t15-,17-/m0/s1. The van der Waals surface area contributed by atoms with E-state index in [1.807, 2.05) is 6.92 Å². The lowest BCUT2D eigenvalue weighted by Crippen LogP contribution is -2.47. The maximum absolute atomic E-state index is 11.6. The van der Waals surface area contributed by atoms with Gasteiger partial charge in [0.2, 0.25) is 0 Å². The third-order valence-corrected chi connectivity index (χ3v) is 4.82. The molecular formula is C19H27BO4. The Hall–Kier alpha value is -1.33. The largest absolute Gasteiger partial charge is 0.493 e. The van der Waals surface area contributed by atoms with Crippen LogP contribution in [0.5, 0.6) is 0 Å². The van der Waals surface area contributed by atoms with Gasteiger partial charge in [-0.3, -0.25) is 4.79 Å². The molecule has 1 saturated carbocycles. The molecule has 0 spiro atoms. The van der Waals surface area contributed by atoms with Crippen LogP contribution in [-0.4, -0.2) is 32.9 Å². The van der Waals surface area contributed by atoms with E-state index in [-0.39, 0.29) is 24.4 Å². The summed E-state index contributed by atoms with van der Waals surface area (Å²) < 4.78 is 16.7. The van der Waals surface area contributed by atoms with Gasteiger partial charge in [-0.2, -0.15) is 0 Å². The molecule has 0 N–H and O–H groups in total. The first kappa shape index (κ1) is 17.5. The number of hydrogen-bond acceptors (Lipinski definition) is 4. The minimum absolute atomic E-state index is 0.0210. The number of ether oxygens (including phenoxy) is 1. The molecule has 3 rings (SSSR count). The fraction of sp³-hybridized carbons (Fsp3) is 0.632. The Morgan fingerprint density at radius 2 is 1.92 bits per heavy atom. The first-order chi connectivity index (χ1) is 11.5. The lowest BCUT2D eigenvalue weighted by Gasteiger charge is -2.33. The van der Waals surface area contributed by atoms with Crippen molar-refractivity contribution in [2.45, 2.75) is 40.0 Å². The van der Waals surface area contributed by atoms with Gasteiger partial charge < -0.3 is 14.0 Å². The van der Waals surface area contributed by atoms with Gasteiger partial charge in [-0.1, -0.05) is 38.1 Å². The van der Waals surface area contributed by atoms with Crippen molar-refractivity contribution in [3.05, 3.63) is 29.8 Å². The highest BCUT2D eigenvalue weighted by Gasteiger charge is 2.43. The van der Waals surface area contributed by atoms with Gasteiger partial charge >= 0.3 is 13.1 Å². The molecule has 2 atom stereocenters. The maximum atomic E-state index is 11.6. The number of carbonyl (C=O) groups is 1. The van der Waals surface area contributed by atoms with E-state index < -0.39 is 0 Å². The summed E-state index contributed by atoms with van der Waals surface area (Å²) in [4.78, 5) is 11.6. The second-order valence-corrected chi connectivity index (χ2v) is 7.75. The Morgan fingerprint density at radius 1 is 1.25 bits per heavy atom. The molecule has 1 aliphatic heterocycles. The predicted octanol–water partition coefficient (Wildman–Crippen LogP) is 2.59. The van der Waals surface area contributed by atoms with Crippen LogP contribution in [-0.2, 0) is 25.3 Å². The van der Waals surface area contributed by atoms with Crippen LogP contribution in [0.15, 0.2) is 24.3 Å². The van der Waals surface area contributed by atoms with Gasteiger partial charge in [-0.15, -0.1) is 0 Å². The summed E-state index contributed by atoms with van der Waals surface area (Å²) in [5.74, 6) is 0.611. The number of esters is 1. The van der Waals surface area contributed by atoms with Gasteiger partial charge in [0.05, 0.1) is 12.5 Å². The molecule has 1 aromatic rings. The zero-order valence-electron chi connectivity index (χ0n) is 14.9. The van der Waals surface area contributed by atoms with E-state index >= 15 is 0 Å². The van der Waals surface area contributed by atoms with E-state index in [0.717, 1.165) is 37.9 Å². The Morgan fingerprint density at radius 3 is 2.54 bits per heavy atom. The number of rotatable bonds is 6. The van der Waals surface area contributed by atoms with Crippen molar-refractivity contribution in [1.82, 2.24) is 0 Å². The summed E-state index contributed by atoms with van der Waals surface area (Å²) >= 11 is 0. The number of aryl methyl sites for hydroxylation is 1. The monoisotopic (exact) mass is 330 g/mol. The molecule has 0 amide bonds. The average Bonchev–Trinajstić information content (AvgIpc) is 3.34. The predicted molar refractivity (Wildman–Crippen MR) is 94.1 cm³/mol. The van der Waals surface area contributed by atoms with Crippen molar-refractivity contribution < 1.29 is 18.8 Å². The molecule has 0 aromatic heterocycles. The summed E-state index contributed by atoms with van der Waals surface area (Å²) in [7, 11) is -0.247. The lowest BCUT2D eigenvalue weighted by molar-refractivity contribution is -0.145. The van der Waals surface area contributed by atoms with Gasteiger partial charge in [0, 0.05) is 18.6 Å². The van der Waals surface area contributed by atoms with Crippen LogP contribution in [0, 0.1) is 17.3 Å². The number of hydrogen-bond donors (Lipinski definition) is 0. The SMILES string of the molecule is CCOC(=O)[C@H]1C[C@@H]1CCc1ccc(B2OCC(C)(C)CO2)cc1. The molecule has 2 fully saturated rings. The van der Waals surface area contributed by atoms with Gasteiger partial charge in [-0.25, -0.2) is 0 Å². The maximum Gasteiger partial charge on any atom is 0.493 e. The van der Waals surface area contributed by atoms with Gasteiger partial charge in [0.15, 0.2) is 0 Å². The second-order valence-electron chi connectivity index (χ2n) is 7.75. The minimum Gasteiger partial charge on any atom is -0.466 e. The highest BCUT2D eigenvalue weighted by atomic mass is 16.6. The van der Waals surface area contributed by atoms with Crippen LogP contribution in [0.4, 0.5) is 0 Å². The van der Waals surface area contributed by atoms with Crippen molar-refractivity contribution in [2.24, 2.45) is 17.3 Å². The fourth-order valence-corrected chi connectivity index (χ4v) is 3.18. The zero-order valence-corrected chi connectivity index (χ0v) is 14.9. The number of benzene rings is 1. The Labute approximate surface area is 145 Å².